The quantitative estimate of drug-likeness (QED) is 0.618. The van der Waals surface area contributed by atoms with Gasteiger partial charge < -0.3 is 9.47 Å². The molecule has 0 spiro atoms. The molecule has 0 amide bonds. The fourth-order valence-corrected chi connectivity index (χ4v) is 1.66. The van der Waals surface area contributed by atoms with Crippen LogP contribution in [0.3, 0.4) is 0 Å². The summed E-state index contributed by atoms with van der Waals surface area (Å²) in [5, 5.41) is 0. The van der Waals surface area contributed by atoms with Gasteiger partial charge in [-0.05, 0) is 33.2 Å². The van der Waals surface area contributed by atoms with E-state index in [1.54, 1.807) is 25.8 Å². The van der Waals surface area contributed by atoms with Gasteiger partial charge in [0.2, 0.25) is 0 Å². The van der Waals surface area contributed by atoms with Crippen LogP contribution in [0, 0.1) is 5.92 Å². The molecular formula is C13H25NO4. The number of nitrogens with zero attached hydrogens (tertiary/aromatic N) is 1. The van der Waals surface area contributed by atoms with Gasteiger partial charge in [-0.15, -0.1) is 0 Å². The Bertz CT molecular complexity index is 266. The molecule has 0 fully saturated rings. The van der Waals surface area contributed by atoms with Crippen molar-refractivity contribution in [2.24, 2.45) is 5.92 Å². The molecule has 5 heteroatoms. The molecule has 0 bridgehead atoms. The van der Waals surface area contributed by atoms with Crippen LogP contribution >= 0.6 is 0 Å². The molecule has 0 N–H and O–H groups in total. The number of esters is 2. The number of carbonyl (C=O) groups is 2. The maximum atomic E-state index is 11.8. The Morgan fingerprint density at radius 3 is 2.11 bits per heavy atom. The largest absolute Gasteiger partial charge is 0.465 e. The number of carbonyl (C=O) groups excluding carboxylic acids is 2. The summed E-state index contributed by atoms with van der Waals surface area (Å²) >= 11 is 0. The van der Waals surface area contributed by atoms with Crippen LogP contribution in [0.2, 0.25) is 0 Å². The molecule has 0 saturated heterocycles. The first-order valence-corrected chi connectivity index (χ1v) is 6.44. The van der Waals surface area contributed by atoms with E-state index in [9.17, 15) is 9.59 Å². The third-order valence-corrected chi connectivity index (χ3v) is 2.47. The maximum Gasteiger partial charge on any atom is 0.323 e. The highest BCUT2D eigenvalue weighted by Gasteiger charge is 2.27. The first-order valence-electron chi connectivity index (χ1n) is 6.44. The van der Waals surface area contributed by atoms with Crippen LogP contribution in [0.15, 0.2) is 0 Å². The smallest absolute Gasteiger partial charge is 0.323 e. The highest BCUT2D eigenvalue weighted by molar-refractivity contribution is 5.77. The minimum Gasteiger partial charge on any atom is -0.465 e. The minimum atomic E-state index is -0.394. The van der Waals surface area contributed by atoms with Crippen LogP contribution < -0.4 is 0 Å². The molecule has 106 valence electrons. The Balaban J connectivity index is 4.53. The minimum absolute atomic E-state index is 0.101. The molecular weight excluding hydrogens is 234 g/mol. The Morgan fingerprint density at radius 2 is 1.67 bits per heavy atom. The van der Waals surface area contributed by atoms with Gasteiger partial charge in [0, 0.05) is 0 Å². The Labute approximate surface area is 109 Å². The van der Waals surface area contributed by atoms with E-state index in [2.05, 4.69) is 0 Å². The summed E-state index contributed by atoms with van der Waals surface area (Å²) < 4.78 is 9.91. The van der Waals surface area contributed by atoms with Gasteiger partial charge in [-0.25, -0.2) is 0 Å². The number of hydrogen-bond acceptors (Lipinski definition) is 5. The summed E-state index contributed by atoms with van der Waals surface area (Å²) in [6, 6.07) is -0.394. The number of ether oxygens (including phenoxy) is 2. The highest BCUT2D eigenvalue weighted by atomic mass is 16.5. The van der Waals surface area contributed by atoms with E-state index in [-0.39, 0.29) is 18.5 Å². The molecule has 0 aliphatic heterocycles. The first-order chi connectivity index (χ1) is 8.42. The Kier molecular flexibility index (Phi) is 8.37. The lowest BCUT2D eigenvalue weighted by Crippen LogP contribution is -2.43. The Morgan fingerprint density at radius 1 is 1.11 bits per heavy atom. The van der Waals surface area contributed by atoms with E-state index in [1.165, 1.54) is 0 Å². The second-order valence-electron chi connectivity index (χ2n) is 4.62. The second-order valence-corrected chi connectivity index (χ2v) is 4.62. The standard InChI is InChI=1S/C13H25NO4/c1-6-17-12(15)9-14(5)11(8-10(3)4)13(16)18-7-2/h10-11H,6-9H2,1-5H3/t11-/m0/s1. The van der Waals surface area contributed by atoms with Gasteiger partial charge >= 0.3 is 11.9 Å². The van der Waals surface area contributed by atoms with Gasteiger partial charge in [0.25, 0.3) is 0 Å². The molecule has 0 rings (SSSR count). The molecule has 0 aromatic rings. The number of rotatable bonds is 8. The van der Waals surface area contributed by atoms with E-state index in [1.807, 2.05) is 13.8 Å². The normalized spacial score (nSPS) is 12.6. The molecule has 1 atom stereocenters. The lowest BCUT2D eigenvalue weighted by molar-refractivity contribution is -0.152. The fourth-order valence-electron chi connectivity index (χ4n) is 1.66. The van der Waals surface area contributed by atoms with Crippen molar-refractivity contribution in [3.63, 3.8) is 0 Å². The molecule has 0 saturated carbocycles. The van der Waals surface area contributed by atoms with Crippen LogP contribution in [-0.2, 0) is 19.1 Å². The average molecular weight is 259 g/mol. The summed E-state index contributed by atoms with van der Waals surface area (Å²) in [6.07, 6.45) is 0.661. The van der Waals surface area contributed by atoms with Gasteiger partial charge in [-0.3, -0.25) is 14.5 Å². The molecule has 0 radical (unpaired) electrons. The third kappa shape index (κ3) is 6.59. The summed E-state index contributed by atoms with van der Waals surface area (Å²) in [4.78, 5) is 24.9. The molecule has 0 aromatic carbocycles. The lowest BCUT2D eigenvalue weighted by atomic mass is 10.0. The lowest BCUT2D eigenvalue weighted by Gasteiger charge is -2.26. The van der Waals surface area contributed by atoms with Crippen LogP contribution in [0.25, 0.3) is 0 Å². The highest BCUT2D eigenvalue weighted by Crippen LogP contribution is 2.12. The zero-order chi connectivity index (χ0) is 14.1. The van der Waals surface area contributed by atoms with Gasteiger partial charge in [-0.2, -0.15) is 0 Å². The van der Waals surface area contributed by atoms with Gasteiger partial charge in [0.05, 0.1) is 19.8 Å². The van der Waals surface area contributed by atoms with Crippen molar-refractivity contribution in [3.8, 4) is 0 Å². The molecule has 0 heterocycles. The third-order valence-electron chi connectivity index (χ3n) is 2.47. The monoisotopic (exact) mass is 259 g/mol. The SMILES string of the molecule is CCOC(=O)CN(C)[C@@H](CC(C)C)C(=O)OCC. The first kappa shape index (κ1) is 16.9. The topological polar surface area (TPSA) is 55.8 Å². The van der Waals surface area contributed by atoms with Gasteiger partial charge in [0.1, 0.15) is 6.04 Å². The fraction of sp³-hybridized carbons (Fsp3) is 0.846. The number of hydrogen-bond donors (Lipinski definition) is 0. The second kappa shape index (κ2) is 8.91. The zero-order valence-electron chi connectivity index (χ0n) is 12.1. The zero-order valence-corrected chi connectivity index (χ0v) is 12.1. The summed E-state index contributed by atoms with van der Waals surface area (Å²) in [6.45, 7) is 8.39. The van der Waals surface area contributed by atoms with Crippen molar-refractivity contribution < 1.29 is 19.1 Å². The van der Waals surface area contributed by atoms with Gasteiger partial charge in [-0.1, -0.05) is 13.8 Å². The van der Waals surface area contributed by atoms with Crippen LogP contribution in [0.5, 0.6) is 0 Å². The van der Waals surface area contributed by atoms with E-state index in [0.717, 1.165) is 0 Å². The molecule has 5 nitrogen and oxygen atoms in total. The van der Waals surface area contributed by atoms with Crippen LogP contribution in [-0.4, -0.2) is 49.7 Å². The molecule has 0 aliphatic rings. The molecule has 0 aliphatic carbocycles. The maximum absolute atomic E-state index is 11.8. The van der Waals surface area contributed by atoms with Crippen molar-refractivity contribution in [2.75, 3.05) is 26.8 Å². The van der Waals surface area contributed by atoms with Crippen molar-refractivity contribution in [1.82, 2.24) is 4.90 Å². The molecule has 18 heavy (non-hydrogen) atoms. The summed E-state index contributed by atoms with van der Waals surface area (Å²) in [7, 11) is 1.74. The predicted molar refractivity (Wildman–Crippen MR) is 69.1 cm³/mol. The predicted octanol–water partition coefficient (Wildman–Crippen LogP) is 1.46. The van der Waals surface area contributed by atoms with Gasteiger partial charge in [0.15, 0.2) is 0 Å². The van der Waals surface area contributed by atoms with Crippen molar-refractivity contribution in [2.45, 2.75) is 40.2 Å². The summed E-state index contributed by atoms with van der Waals surface area (Å²) in [5.41, 5.74) is 0. The van der Waals surface area contributed by atoms with E-state index < -0.39 is 6.04 Å². The summed E-state index contributed by atoms with van der Waals surface area (Å²) in [5.74, 6) is -0.250. The van der Waals surface area contributed by atoms with Crippen molar-refractivity contribution in [1.29, 1.82) is 0 Å². The molecule has 0 aromatic heterocycles. The van der Waals surface area contributed by atoms with Crippen LogP contribution in [0.1, 0.15) is 34.1 Å². The van der Waals surface area contributed by atoms with E-state index in [4.69, 9.17) is 9.47 Å². The van der Waals surface area contributed by atoms with Crippen molar-refractivity contribution >= 4 is 11.9 Å². The van der Waals surface area contributed by atoms with E-state index in [0.29, 0.717) is 25.6 Å². The van der Waals surface area contributed by atoms with Crippen LogP contribution in [0.4, 0.5) is 0 Å². The number of likely N-dealkylation sites (N-methyl/N-ethyl adjacent to an activating group) is 1. The molecule has 0 unspecified atom stereocenters. The Hall–Kier alpha value is -1.10. The van der Waals surface area contributed by atoms with Crippen molar-refractivity contribution in [3.05, 3.63) is 0 Å². The average Bonchev–Trinajstić information content (AvgIpc) is 2.25. The van der Waals surface area contributed by atoms with E-state index >= 15 is 0 Å².